The van der Waals surface area contributed by atoms with Crippen molar-refractivity contribution >= 4 is 33.2 Å². The predicted molar refractivity (Wildman–Crippen MR) is 80.9 cm³/mol. The smallest absolute Gasteiger partial charge is 1.00 e. The first kappa shape index (κ1) is 18.9. The molecule has 0 spiro atoms. The minimum absolute atomic E-state index is 0. The van der Waals surface area contributed by atoms with E-state index in [9.17, 15) is 8.42 Å². The van der Waals surface area contributed by atoms with Crippen LogP contribution in [0, 0.1) is 0 Å². The van der Waals surface area contributed by atoms with Crippen molar-refractivity contribution in [1.82, 2.24) is 0 Å². The third-order valence-electron chi connectivity index (χ3n) is 2.77. The van der Waals surface area contributed by atoms with Gasteiger partial charge in [0.05, 0.1) is 11.5 Å². The topological polar surface area (TPSA) is 43.4 Å². The molecule has 0 fully saturated rings. The van der Waals surface area contributed by atoms with Crippen molar-refractivity contribution in [2.24, 2.45) is 0 Å². The molecule has 19 heavy (non-hydrogen) atoms. The SMILES string of the molecule is CCCCCCCCOS(=O)(=O)c1ccccc1.[H-].[H-].[Mg+2]. The van der Waals surface area contributed by atoms with Gasteiger partial charge in [0.2, 0.25) is 0 Å². The fraction of sp³-hybridized carbons (Fsp3) is 0.571. The number of benzene rings is 1. The molecule has 5 heteroatoms. The summed E-state index contributed by atoms with van der Waals surface area (Å²) in [6.45, 7) is 2.46. The number of unbranched alkanes of at least 4 members (excludes halogenated alkanes) is 5. The van der Waals surface area contributed by atoms with Crippen molar-refractivity contribution in [3.05, 3.63) is 30.3 Å². The first-order valence-electron chi connectivity index (χ1n) is 6.61. The maximum absolute atomic E-state index is 11.7. The Balaban J connectivity index is -0.00000108. The van der Waals surface area contributed by atoms with Crippen LogP contribution in [0.15, 0.2) is 35.2 Å². The molecule has 0 aliphatic heterocycles. The molecule has 0 saturated carbocycles. The third-order valence-corrected chi connectivity index (χ3v) is 4.09. The van der Waals surface area contributed by atoms with Crippen LogP contribution in [0.3, 0.4) is 0 Å². The molecule has 0 radical (unpaired) electrons. The van der Waals surface area contributed by atoms with Gasteiger partial charge in [-0.3, -0.25) is 4.18 Å². The molecule has 0 saturated heterocycles. The van der Waals surface area contributed by atoms with Gasteiger partial charge < -0.3 is 2.85 Å². The zero-order valence-electron chi connectivity index (χ0n) is 13.7. The maximum Gasteiger partial charge on any atom is 2.00 e. The standard InChI is InChI=1S/C14H22O3S.Mg.2H/c1-2-3-4-5-6-10-13-17-18(15,16)14-11-8-7-9-12-14;;;/h7-9,11-12H,2-6,10,13H2,1H3;;;/q;+2;2*-1. The summed E-state index contributed by atoms with van der Waals surface area (Å²) in [4.78, 5) is 0.232. The van der Waals surface area contributed by atoms with E-state index in [1.54, 1.807) is 30.3 Å². The summed E-state index contributed by atoms with van der Waals surface area (Å²) in [5.41, 5.74) is 0. The van der Waals surface area contributed by atoms with Gasteiger partial charge in [-0.1, -0.05) is 57.2 Å². The van der Waals surface area contributed by atoms with E-state index in [2.05, 4.69) is 6.92 Å². The molecule has 3 nitrogen and oxygen atoms in total. The molecular formula is C14H24MgO3S. The monoisotopic (exact) mass is 296 g/mol. The predicted octanol–water partition coefficient (Wildman–Crippen LogP) is 3.60. The summed E-state index contributed by atoms with van der Waals surface area (Å²) in [5, 5.41) is 0. The van der Waals surface area contributed by atoms with E-state index in [1.165, 1.54) is 19.3 Å². The van der Waals surface area contributed by atoms with E-state index in [4.69, 9.17) is 4.18 Å². The average molecular weight is 297 g/mol. The van der Waals surface area contributed by atoms with Gasteiger partial charge in [-0.15, -0.1) is 0 Å². The zero-order valence-corrected chi connectivity index (χ0v) is 13.9. The Hall–Kier alpha value is -0.104. The van der Waals surface area contributed by atoms with Crippen molar-refractivity contribution in [3.63, 3.8) is 0 Å². The Morgan fingerprint density at radius 2 is 1.58 bits per heavy atom. The third kappa shape index (κ3) is 7.92. The Labute approximate surface area is 136 Å². The molecule has 0 bridgehead atoms. The summed E-state index contributed by atoms with van der Waals surface area (Å²) < 4.78 is 28.5. The van der Waals surface area contributed by atoms with Crippen LogP contribution in [0.2, 0.25) is 0 Å². The maximum atomic E-state index is 11.7. The molecule has 106 valence electrons. The molecule has 0 N–H and O–H groups in total. The minimum atomic E-state index is -3.56. The molecule has 0 aromatic heterocycles. The van der Waals surface area contributed by atoms with Gasteiger partial charge in [-0.25, -0.2) is 0 Å². The van der Waals surface area contributed by atoms with Crippen LogP contribution in [-0.4, -0.2) is 38.1 Å². The van der Waals surface area contributed by atoms with E-state index >= 15 is 0 Å². The summed E-state index contributed by atoms with van der Waals surface area (Å²) in [6, 6.07) is 8.28. The van der Waals surface area contributed by atoms with E-state index in [1.807, 2.05) is 0 Å². The summed E-state index contributed by atoms with van der Waals surface area (Å²) in [5.74, 6) is 0. The quantitative estimate of drug-likeness (QED) is 0.397. The fourth-order valence-electron chi connectivity index (χ4n) is 1.71. The van der Waals surface area contributed by atoms with Gasteiger partial charge >= 0.3 is 23.1 Å². The van der Waals surface area contributed by atoms with E-state index in [0.717, 1.165) is 19.3 Å². The first-order chi connectivity index (χ1) is 8.67. The molecule has 0 atom stereocenters. The first-order valence-corrected chi connectivity index (χ1v) is 8.02. The molecule has 0 heterocycles. The average Bonchev–Trinajstić information content (AvgIpc) is 2.39. The molecular weight excluding hydrogens is 273 g/mol. The van der Waals surface area contributed by atoms with Crippen molar-refractivity contribution in [1.29, 1.82) is 0 Å². The summed E-state index contributed by atoms with van der Waals surface area (Å²) in [6.07, 6.45) is 6.69. The molecule has 1 aromatic carbocycles. The van der Waals surface area contributed by atoms with Crippen LogP contribution in [0.25, 0.3) is 0 Å². The Kier molecular flexibility index (Phi) is 10.6. The number of hydrogen-bond donors (Lipinski definition) is 0. The minimum Gasteiger partial charge on any atom is -1.00 e. The van der Waals surface area contributed by atoms with Crippen molar-refractivity contribution in [2.75, 3.05) is 6.61 Å². The van der Waals surface area contributed by atoms with Crippen molar-refractivity contribution < 1.29 is 15.5 Å². The van der Waals surface area contributed by atoms with Crippen LogP contribution in [0.5, 0.6) is 0 Å². The molecule has 0 aliphatic rings. The second-order valence-electron chi connectivity index (χ2n) is 4.36. The fourth-order valence-corrected chi connectivity index (χ4v) is 2.67. The van der Waals surface area contributed by atoms with E-state index in [-0.39, 0.29) is 37.4 Å². The van der Waals surface area contributed by atoms with Gasteiger partial charge in [-0.2, -0.15) is 8.42 Å². The molecule has 0 amide bonds. The zero-order chi connectivity index (χ0) is 13.3. The van der Waals surface area contributed by atoms with Crippen LogP contribution >= 0.6 is 0 Å². The van der Waals surface area contributed by atoms with E-state index < -0.39 is 10.1 Å². The van der Waals surface area contributed by atoms with Gasteiger partial charge in [0.15, 0.2) is 0 Å². The molecule has 0 unspecified atom stereocenters. The van der Waals surface area contributed by atoms with Crippen LogP contribution < -0.4 is 0 Å². The van der Waals surface area contributed by atoms with Crippen LogP contribution in [0.4, 0.5) is 0 Å². The molecule has 1 aromatic rings. The van der Waals surface area contributed by atoms with Crippen LogP contribution in [0.1, 0.15) is 48.3 Å². The normalized spacial score (nSPS) is 11.0. The van der Waals surface area contributed by atoms with Gasteiger partial charge in [0.1, 0.15) is 0 Å². The number of rotatable bonds is 9. The second-order valence-corrected chi connectivity index (χ2v) is 5.97. The Morgan fingerprint density at radius 3 is 2.21 bits per heavy atom. The summed E-state index contributed by atoms with van der Waals surface area (Å²) >= 11 is 0. The van der Waals surface area contributed by atoms with E-state index in [0.29, 0.717) is 0 Å². The molecule has 1 rings (SSSR count). The Bertz CT molecular complexity index is 427. The number of hydrogen-bond acceptors (Lipinski definition) is 3. The van der Waals surface area contributed by atoms with Gasteiger partial charge in [-0.05, 0) is 18.6 Å². The largest absolute Gasteiger partial charge is 2.00 e. The van der Waals surface area contributed by atoms with Gasteiger partial charge in [0, 0.05) is 0 Å². The second kappa shape index (κ2) is 10.7. The Morgan fingerprint density at radius 1 is 1.00 bits per heavy atom. The molecule has 0 aliphatic carbocycles. The van der Waals surface area contributed by atoms with Crippen molar-refractivity contribution in [3.8, 4) is 0 Å². The van der Waals surface area contributed by atoms with Gasteiger partial charge in [0.25, 0.3) is 10.1 Å². The summed E-state index contributed by atoms with van der Waals surface area (Å²) in [7, 11) is -3.56. The van der Waals surface area contributed by atoms with Crippen molar-refractivity contribution in [2.45, 2.75) is 50.3 Å². The van der Waals surface area contributed by atoms with Crippen LogP contribution in [-0.2, 0) is 14.3 Å².